The number of rotatable bonds is 5. The van der Waals surface area contributed by atoms with Crippen molar-refractivity contribution < 1.29 is 19.0 Å². The van der Waals surface area contributed by atoms with E-state index >= 15 is 0 Å². The molecule has 1 atom stereocenters. The molecule has 1 unspecified atom stereocenters. The topological polar surface area (TPSA) is 94.6 Å². The fourth-order valence-corrected chi connectivity index (χ4v) is 3.67. The number of nitrogens with two attached hydrogens (primary N) is 1. The van der Waals surface area contributed by atoms with Gasteiger partial charge in [0, 0.05) is 0 Å². The number of allylic oxidation sites excluding steroid dienone is 2. The molecule has 1 aromatic carbocycles. The molecule has 1 aromatic rings. The Morgan fingerprint density at radius 3 is 2.78 bits per heavy atom. The lowest BCUT2D eigenvalue weighted by Gasteiger charge is -2.27. The second kappa shape index (κ2) is 8.85. The molecule has 2 N–H and O–H groups in total. The van der Waals surface area contributed by atoms with E-state index in [1.54, 1.807) is 26.0 Å². The highest BCUT2D eigenvalue weighted by Gasteiger charge is 2.36. The number of hydrogen-bond donors (Lipinski definition) is 1. The third-order valence-electron chi connectivity index (χ3n) is 3.75. The highest BCUT2D eigenvalue weighted by Crippen LogP contribution is 2.44. The van der Waals surface area contributed by atoms with E-state index in [1.807, 2.05) is 6.07 Å². The Hall–Kier alpha value is -2.61. The van der Waals surface area contributed by atoms with E-state index in [0.717, 1.165) is 0 Å². The summed E-state index contributed by atoms with van der Waals surface area (Å²) < 4.78 is 16.4. The lowest BCUT2D eigenvalue weighted by Crippen LogP contribution is -2.25. The van der Waals surface area contributed by atoms with Gasteiger partial charge in [0.1, 0.15) is 24.0 Å². The van der Waals surface area contributed by atoms with Gasteiger partial charge in [0.2, 0.25) is 5.88 Å². The van der Waals surface area contributed by atoms with Gasteiger partial charge in [-0.15, -0.1) is 6.42 Å². The molecular formula is C19H16BrClN2O4. The molecule has 0 bridgehead atoms. The molecule has 1 aliphatic heterocycles. The summed E-state index contributed by atoms with van der Waals surface area (Å²) in [7, 11) is 0. The predicted octanol–water partition coefficient (Wildman–Crippen LogP) is 3.76. The molecule has 0 aliphatic carbocycles. The second-order valence-electron chi connectivity index (χ2n) is 5.42. The van der Waals surface area contributed by atoms with Crippen molar-refractivity contribution in [2.45, 2.75) is 19.8 Å². The van der Waals surface area contributed by atoms with Crippen LogP contribution in [-0.4, -0.2) is 19.2 Å². The van der Waals surface area contributed by atoms with Crippen molar-refractivity contribution in [2.24, 2.45) is 5.73 Å². The SMILES string of the molecule is C#CCOc1c(Cl)cc(C2C(C#N)=C(N)OC(C)=C2C(=O)OCC)cc1Br. The third-order valence-corrected chi connectivity index (χ3v) is 4.62. The summed E-state index contributed by atoms with van der Waals surface area (Å²) in [6, 6.07) is 5.28. The van der Waals surface area contributed by atoms with Gasteiger partial charge >= 0.3 is 5.97 Å². The first-order chi connectivity index (χ1) is 12.8. The summed E-state index contributed by atoms with van der Waals surface area (Å²) in [5.74, 6) is 1.51. The average Bonchev–Trinajstić information content (AvgIpc) is 2.60. The predicted molar refractivity (Wildman–Crippen MR) is 103 cm³/mol. The number of ether oxygens (including phenoxy) is 3. The largest absolute Gasteiger partial charge is 0.478 e. The Morgan fingerprint density at radius 2 is 2.22 bits per heavy atom. The molecule has 0 aromatic heterocycles. The minimum Gasteiger partial charge on any atom is -0.478 e. The zero-order valence-corrected chi connectivity index (χ0v) is 17.0. The first kappa shape index (κ1) is 20.7. The number of halogens is 2. The molecule has 2 rings (SSSR count). The van der Waals surface area contributed by atoms with Gasteiger partial charge in [0.15, 0.2) is 5.75 Å². The van der Waals surface area contributed by atoms with E-state index in [9.17, 15) is 10.1 Å². The Bertz CT molecular complexity index is 902. The van der Waals surface area contributed by atoms with Crippen molar-refractivity contribution in [3.8, 4) is 24.2 Å². The van der Waals surface area contributed by atoms with Crippen LogP contribution in [0.4, 0.5) is 0 Å². The number of terminal acetylenes is 1. The standard InChI is InChI=1S/C19H16BrClN2O4/c1-4-6-26-17-13(20)7-11(8-14(17)21)16-12(9-22)18(23)27-10(3)15(16)19(24)25-5-2/h1,7-8,16H,5-6,23H2,2-3H3. The Morgan fingerprint density at radius 1 is 1.52 bits per heavy atom. The van der Waals surface area contributed by atoms with Crippen molar-refractivity contribution in [1.82, 2.24) is 0 Å². The lowest BCUT2D eigenvalue weighted by atomic mass is 9.83. The molecule has 0 radical (unpaired) electrons. The van der Waals surface area contributed by atoms with E-state index < -0.39 is 11.9 Å². The van der Waals surface area contributed by atoms with E-state index in [2.05, 4.69) is 21.9 Å². The third kappa shape index (κ3) is 4.21. The van der Waals surface area contributed by atoms with Gasteiger partial charge in [0.05, 0.1) is 27.6 Å². The van der Waals surface area contributed by atoms with Gasteiger partial charge in [-0.1, -0.05) is 17.5 Å². The molecule has 1 aliphatic rings. The molecule has 6 nitrogen and oxygen atoms in total. The second-order valence-corrected chi connectivity index (χ2v) is 6.68. The van der Waals surface area contributed by atoms with Crippen molar-refractivity contribution in [3.05, 3.63) is 50.0 Å². The first-order valence-electron chi connectivity index (χ1n) is 7.86. The smallest absolute Gasteiger partial charge is 0.338 e. The minimum absolute atomic E-state index is 0.0400. The summed E-state index contributed by atoms with van der Waals surface area (Å²) in [6.07, 6.45) is 5.21. The summed E-state index contributed by atoms with van der Waals surface area (Å²) >= 11 is 9.71. The summed E-state index contributed by atoms with van der Waals surface area (Å²) in [6.45, 7) is 3.49. The molecular weight excluding hydrogens is 436 g/mol. The first-order valence-corrected chi connectivity index (χ1v) is 9.03. The molecule has 0 fully saturated rings. The van der Waals surface area contributed by atoms with Crippen LogP contribution in [0.25, 0.3) is 0 Å². The minimum atomic E-state index is -0.793. The average molecular weight is 452 g/mol. The van der Waals surface area contributed by atoms with Gasteiger partial charge < -0.3 is 19.9 Å². The maximum Gasteiger partial charge on any atom is 0.338 e. The summed E-state index contributed by atoms with van der Waals surface area (Å²) in [4.78, 5) is 12.5. The zero-order chi connectivity index (χ0) is 20.1. The van der Waals surface area contributed by atoms with Crippen LogP contribution in [0.3, 0.4) is 0 Å². The quantitative estimate of drug-likeness (QED) is 0.541. The number of nitrogens with zero attached hydrogens (tertiary/aromatic N) is 1. The van der Waals surface area contributed by atoms with Crippen LogP contribution in [-0.2, 0) is 14.3 Å². The van der Waals surface area contributed by atoms with Gasteiger partial charge in [-0.05, 0) is 47.5 Å². The van der Waals surface area contributed by atoms with Crippen molar-refractivity contribution in [1.29, 1.82) is 5.26 Å². The van der Waals surface area contributed by atoms with E-state index in [4.69, 9.17) is 38.0 Å². The van der Waals surface area contributed by atoms with Gasteiger partial charge in [-0.25, -0.2) is 4.79 Å². The van der Waals surface area contributed by atoms with Crippen LogP contribution in [0.2, 0.25) is 5.02 Å². The molecule has 140 valence electrons. The molecule has 0 saturated heterocycles. The monoisotopic (exact) mass is 450 g/mol. The molecule has 8 heteroatoms. The van der Waals surface area contributed by atoms with Crippen LogP contribution >= 0.6 is 27.5 Å². The van der Waals surface area contributed by atoms with Crippen LogP contribution in [0.15, 0.2) is 39.4 Å². The maximum atomic E-state index is 12.5. The number of esters is 1. The molecule has 0 spiro atoms. The molecule has 0 amide bonds. The lowest BCUT2D eigenvalue weighted by molar-refractivity contribution is -0.139. The fourth-order valence-electron chi connectivity index (χ4n) is 2.69. The fraction of sp³-hybridized carbons (Fsp3) is 0.263. The van der Waals surface area contributed by atoms with E-state index in [0.29, 0.717) is 15.8 Å². The van der Waals surface area contributed by atoms with Gasteiger partial charge in [-0.2, -0.15) is 5.26 Å². The zero-order valence-electron chi connectivity index (χ0n) is 14.6. The molecule has 0 saturated carbocycles. The highest BCUT2D eigenvalue weighted by atomic mass is 79.9. The van der Waals surface area contributed by atoms with Crippen molar-refractivity contribution in [3.63, 3.8) is 0 Å². The van der Waals surface area contributed by atoms with E-state index in [1.165, 1.54) is 0 Å². The highest BCUT2D eigenvalue weighted by molar-refractivity contribution is 9.10. The van der Waals surface area contributed by atoms with E-state index in [-0.39, 0.29) is 41.0 Å². The number of carbonyl (C=O) groups is 1. The van der Waals surface area contributed by atoms with Gasteiger partial charge in [0.25, 0.3) is 0 Å². The number of benzene rings is 1. The number of hydrogen-bond acceptors (Lipinski definition) is 6. The van der Waals surface area contributed by atoms with Crippen LogP contribution in [0, 0.1) is 23.7 Å². The Balaban J connectivity index is 2.63. The number of carbonyl (C=O) groups excluding carboxylic acids is 1. The van der Waals surface area contributed by atoms with Crippen molar-refractivity contribution >= 4 is 33.5 Å². The van der Waals surface area contributed by atoms with Gasteiger partial charge in [-0.3, -0.25) is 0 Å². The summed E-state index contributed by atoms with van der Waals surface area (Å²) in [5, 5.41) is 9.85. The maximum absolute atomic E-state index is 12.5. The van der Waals surface area contributed by atoms with Crippen molar-refractivity contribution in [2.75, 3.05) is 13.2 Å². The normalized spacial score (nSPS) is 16.3. The van der Waals surface area contributed by atoms with Crippen LogP contribution in [0.5, 0.6) is 5.75 Å². The van der Waals surface area contributed by atoms with Crippen LogP contribution < -0.4 is 10.5 Å². The van der Waals surface area contributed by atoms with Crippen LogP contribution in [0.1, 0.15) is 25.3 Å². The molecule has 27 heavy (non-hydrogen) atoms. The number of nitriles is 1. The molecule has 1 heterocycles. The summed E-state index contributed by atoms with van der Waals surface area (Å²) in [5.41, 5.74) is 6.69. The Kier molecular flexibility index (Phi) is 6.79. The Labute approximate surface area is 170 Å².